The number of rotatable bonds is 4. The predicted molar refractivity (Wildman–Crippen MR) is 55.4 cm³/mol. The van der Waals surface area contributed by atoms with Crippen LogP contribution in [0.15, 0.2) is 0 Å². The van der Waals surface area contributed by atoms with Crippen molar-refractivity contribution in [1.82, 2.24) is 0 Å². The van der Waals surface area contributed by atoms with E-state index in [4.69, 9.17) is 0 Å². The van der Waals surface area contributed by atoms with Gasteiger partial charge in [-0.05, 0) is 23.5 Å². The third-order valence-electron chi connectivity index (χ3n) is 4.37. The van der Waals surface area contributed by atoms with Crippen LogP contribution in [0.2, 0.25) is 16.6 Å². The fraction of sp³-hybridized carbons (Fsp3) is 0.909. The van der Waals surface area contributed by atoms with Gasteiger partial charge >= 0.3 is 0 Å². The molecule has 0 bridgehead atoms. The molecular weight excluding hydrogens is 176 g/mol. The Hall–Kier alpha value is -0.113. The van der Waals surface area contributed by atoms with Crippen molar-refractivity contribution in [3.8, 4) is 0 Å². The van der Waals surface area contributed by atoms with Crippen LogP contribution in [0, 0.1) is 0 Å². The van der Waals surface area contributed by atoms with E-state index in [1.54, 1.807) is 0 Å². The summed E-state index contributed by atoms with van der Waals surface area (Å²) in [6, 6.07) is 0. The second-order valence-corrected chi connectivity index (χ2v) is 10.3. The Kier molecular flexibility index (Phi) is 1.56. The summed E-state index contributed by atoms with van der Waals surface area (Å²) in [5, 5.41) is 0.667. The van der Waals surface area contributed by atoms with Gasteiger partial charge in [0.2, 0.25) is 0 Å². The summed E-state index contributed by atoms with van der Waals surface area (Å²) in [5.41, 5.74) is 2.81. The van der Waals surface area contributed by atoms with Crippen LogP contribution in [-0.4, -0.2) is 13.5 Å². The van der Waals surface area contributed by atoms with Crippen LogP contribution in [0.3, 0.4) is 0 Å². The molecule has 3 fully saturated rings. The monoisotopic (exact) mass is 194 g/mol. The molecule has 0 aromatic carbocycles. The number of hydrogen-bond acceptors (Lipinski definition) is 1. The van der Waals surface area contributed by atoms with Gasteiger partial charge in [-0.1, -0.05) is 38.5 Å². The third-order valence-corrected chi connectivity index (χ3v) is 11.4. The molecule has 3 aliphatic rings. The summed E-state index contributed by atoms with van der Waals surface area (Å²) in [7, 11) is -1.41. The fourth-order valence-electron chi connectivity index (χ4n) is 3.55. The summed E-state index contributed by atoms with van der Waals surface area (Å²) in [4.78, 5) is 12.0. The minimum atomic E-state index is -1.41. The summed E-state index contributed by atoms with van der Waals surface area (Å²) in [6.07, 6.45) is 8.41. The summed E-state index contributed by atoms with van der Waals surface area (Å²) < 4.78 is 0. The van der Waals surface area contributed by atoms with E-state index in [0.29, 0.717) is 5.41 Å². The first kappa shape index (κ1) is 8.22. The van der Waals surface area contributed by atoms with Crippen LogP contribution in [0.5, 0.6) is 0 Å². The minimum absolute atomic E-state index is 0.667. The molecular formula is C11H18OSi. The normalized spacial score (nSPS) is 29.0. The molecule has 1 nitrogen and oxygen atoms in total. The summed E-state index contributed by atoms with van der Waals surface area (Å²) >= 11 is 0. The van der Waals surface area contributed by atoms with Gasteiger partial charge in [-0.2, -0.15) is 0 Å². The lowest BCUT2D eigenvalue weighted by Gasteiger charge is -2.28. The van der Waals surface area contributed by atoms with Crippen LogP contribution < -0.4 is 0 Å². The van der Waals surface area contributed by atoms with Gasteiger partial charge in [0.15, 0.2) is 0 Å². The molecule has 0 amide bonds. The van der Waals surface area contributed by atoms with Crippen molar-refractivity contribution in [2.45, 2.75) is 62.1 Å². The van der Waals surface area contributed by atoms with E-state index in [1.165, 1.54) is 38.5 Å². The Bertz CT molecular complexity index is 218. The third kappa shape index (κ3) is 1.07. The molecule has 0 aliphatic heterocycles. The maximum absolute atomic E-state index is 12.0. The highest BCUT2D eigenvalue weighted by atomic mass is 28.3. The van der Waals surface area contributed by atoms with E-state index in [2.05, 4.69) is 0 Å². The molecule has 0 radical (unpaired) electrons. The van der Waals surface area contributed by atoms with E-state index < -0.39 is 8.07 Å². The highest BCUT2D eigenvalue weighted by Crippen LogP contribution is 2.68. The number of carbonyl (C=O) groups is 1. The van der Waals surface area contributed by atoms with Crippen molar-refractivity contribution in [3.63, 3.8) is 0 Å². The van der Waals surface area contributed by atoms with Gasteiger partial charge in [0.05, 0.1) is 0 Å². The van der Waals surface area contributed by atoms with Crippen molar-refractivity contribution < 1.29 is 4.79 Å². The van der Waals surface area contributed by atoms with Crippen LogP contribution >= 0.6 is 0 Å². The predicted octanol–water partition coefficient (Wildman–Crippen LogP) is 3.06. The smallest absolute Gasteiger partial charge is 0.141 e. The van der Waals surface area contributed by atoms with Gasteiger partial charge in [-0.15, -0.1) is 0 Å². The zero-order chi connectivity index (χ0) is 9.05. The molecule has 2 heteroatoms. The van der Waals surface area contributed by atoms with E-state index in [-0.39, 0.29) is 0 Å². The first-order valence-corrected chi connectivity index (χ1v) is 8.00. The maximum atomic E-state index is 12.0. The highest BCUT2D eigenvalue weighted by Gasteiger charge is 2.65. The molecule has 0 aromatic rings. The number of carbonyl (C=O) groups excluding carboxylic acids is 1. The molecule has 3 rings (SSSR count). The molecule has 0 aromatic heterocycles. The van der Waals surface area contributed by atoms with Gasteiger partial charge in [-0.25, -0.2) is 0 Å². The van der Waals surface area contributed by atoms with Crippen molar-refractivity contribution in [1.29, 1.82) is 0 Å². The highest BCUT2D eigenvalue weighted by molar-refractivity contribution is 7.09. The molecule has 0 unspecified atom stereocenters. The average Bonchev–Trinajstić information content (AvgIpc) is 2.95. The number of hydrogen-bond donors (Lipinski definition) is 0. The lowest BCUT2D eigenvalue weighted by molar-refractivity contribution is -0.111. The zero-order valence-electron chi connectivity index (χ0n) is 8.38. The van der Waals surface area contributed by atoms with Crippen LogP contribution in [0.25, 0.3) is 0 Å². The first-order chi connectivity index (χ1) is 6.26. The second-order valence-electron chi connectivity index (χ2n) is 5.31. The van der Waals surface area contributed by atoms with Gasteiger partial charge in [0, 0.05) is 0 Å². The molecule has 0 N–H and O–H groups in total. The molecule has 72 valence electrons. The fourth-order valence-corrected chi connectivity index (χ4v) is 10.6. The molecule has 0 heterocycles. The van der Waals surface area contributed by atoms with Gasteiger partial charge < -0.3 is 4.79 Å². The van der Waals surface area contributed by atoms with Crippen molar-refractivity contribution in [2.75, 3.05) is 0 Å². The standard InChI is InChI=1S/C11H18OSi/c1-8(12)13(9-2-3-9,10-4-5-10)11-6-7-11/h9-11H,2-7H2,1H3. The molecule has 13 heavy (non-hydrogen) atoms. The van der Waals surface area contributed by atoms with Crippen molar-refractivity contribution in [2.24, 2.45) is 0 Å². The first-order valence-electron chi connectivity index (χ1n) is 5.77. The quantitative estimate of drug-likeness (QED) is 0.629. The van der Waals surface area contributed by atoms with Crippen LogP contribution in [0.1, 0.15) is 45.4 Å². The summed E-state index contributed by atoms with van der Waals surface area (Å²) in [6.45, 7) is 1.92. The van der Waals surface area contributed by atoms with Crippen molar-refractivity contribution >= 4 is 13.5 Å². The Balaban J connectivity index is 1.94. The second kappa shape index (κ2) is 2.47. The van der Waals surface area contributed by atoms with E-state index in [9.17, 15) is 4.79 Å². The molecule has 3 saturated carbocycles. The average molecular weight is 194 g/mol. The summed E-state index contributed by atoms with van der Waals surface area (Å²) in [5.74, 6) is 0. The molecule has 0 atom stereocenters. The van der Waals surface area contributed by atoms with Gasteiger partial charge in [0.1, 0.15) is 13.5 Å². The van der Waals surface area contributed by atoms with E-state index in [1.807, 2.05) is 6.92 Å². The lowest BCUT2D eigenvalue weighted by atomic mass is 10.8. The molecule has 0 spiro atoms. The van der Waals surface area contributed by atoms with Gasteiger partial charge in [0.25, 0.3) is 0 Å². The minimum Gasteiger partial charge on any atom is -0.306 e. The Morgan fingerprint density at radius 3 is 1.38 bits per heavy atom. The Morgan fingerprint density at radius 2 is 1.23 bits per heavy atom. The Morgan fingerprint density at radius 1 is 0.923 bits per heavy atom. The molecule has 3 aliphatic carbocycles. The van der Waals surface area contributed by atoms with Gasteiger partial charge in [-0.3, -0.25) is 0 Å². The molecule has 0 saturated heterocycles. The van der Waals surface area contributed by atoms with Crippen LogP contribution in [-0.2, 0) is 4.79 Å². The largest absolute Gasteiger partial charge is 0.306 e. The lowest BCUT2D eigenvalue weighted by Crippen LogP contribution is -2.44. The van der Waals surface area contributed by atoms with E-state index in [0.717, 1.165) is 16.6 Å². The Labute approximate surface area is 80.9 Å². The van der Waals surface area contributed by atoms with E-state index >= 15 is 0 Å². The van der Waals surface area contributed by atoms with Crippen molar-refractivity contribution in [3.05, 3.63) is 0 Å². The maximum Gasteiger partial charge on any atom is 0.141 e. The zero-order valence-corrected chi connectivity index (χ0v) is 9.38. The SMILES string of the molecule is CC(=O)[Si](C1CC1)(C1CC1)C1CC1. The topological polar surface area (TPSA) is 17.1 Å². The van der Waals surface area contributed by atoms with Crippen LogP contribution in [0.4, 0.5) is 0 Å².